The normalized spacial score (nSPS) is 12.7. The Morgan fingerprint density at radius 1 is 0.645 bits per heavy atom. The lowest BCUT2D eigenvalue weighted by molar-refractivity contribution is 0.480. The van der Waals surface area contributed by atoms with E-state index in [-0.39, 0.29) is 37.7 Å². The fraction of sp³-hybridized carbons (Fsp3) is 0. The third-order valence-electron chi connectivity index (χ3n) is 4.64. The van der Waals surface area contributed by atoms with E-state index >= 15 is 0 Å². The maximum absolute atomic E-state index is 11.5. The number of fused-ring (bicyclic) bond motifs is 2. The molecule has 4 aromatic rings. The van der Waals surface area contributed by atoms with Gasteiger partial charge in [-0.3, -0.25) is 9.11 Å². The third-order valence-corrected chi connectivity index (χ3v) is 6.41. The van der Waals surface area contributed by atoms with E-state index in [0.717, 1.165) is 0 Å². The van der Waals surface area contributed by atoms with Gasteiger partial charge in [-0.2, -0.15) is 16.8 Å². The number of hydrogen-bond acceptors (Lipinski definition) is 7. The summed E-state index contributed by atoms with van der Waals surface area (Å²) in [5.74, 6) is -0.342. The molecule has 0 heterocycles. The second-order valence-corrected chi connectivity index (χ2v) is 9.41. The molecule has 0 aliphatic heterocycles. The van der Waals surface area contributed by atoms with Gasteiger partial charge in [0.05, 0.1) is 10.6 Å². The van der Waals surface area contributed by atoms with Crippen molar-refractivity contribution in [1.29, 1.82) is 0 Å². The summed E-state index contributed by atoms with van der Waals surface area (Å²) in [6.07, 6.45) is 0. The predicted octanol–water partition coefficient (Wildman–Crippen LogP) is 4.61. The molecule has 4 rings (SSSR count). The van der Waals surface area contributed by atoms with Crippen LogP contribution in [-0.2, 0) is 20.2 Å². The molecular weight excluding hydrogens is 444 g/mol. The predicted molar refractivity (Wildman–Crippen MR) is 113 cm³/mol. The molecule has 0 saturated heterocycles. The number of phenols is 1. The van der Waals surface area contributed by atoms with Crippen LogP contribution >= 0.6 is 0 Å². The molecule has 9 nitrogen and oxygen atoms in total. The number of phenolic OH excluding ortho intramolecular Hbond substituents is 1. The van der Waals surface area contributed by atoms with Crippen LogP contribution in [0.5, 0.6) is 5.75 Å². The van der Waals surface area contributed by atoms with Crippen LogP contribution < -0.4 is 0 Å². The van der Waals surface area contributed by atoms with Gasteiger partial charge < -0.3 is 5.11 Å². The average molecular weight is 458 g/mol. The summed E-state index contributed by atoms with van der Waals surface area (Å²) in [5, 5.41) is 20.0. The van der Waals surface area contributed by atoms with Crippen LogP contribution in [0.4, 0.5) is 11.4 Å². The number of benzene rings is 4. The van der Waals surface area contributed by atoms with Gasteiger partial charge in [-0.05, 0) is 35.7 Å². The quantitative estimate of drug-likeness (QED) is 0.298. The molecule has 0 saturated carbocycles. The maximum atomic E-state index is 11.5. The first-order valence-corrected chi connectivity index (χ1v) is 11.6. The Bertz CT molecular complexity index is 1600. The van der Waals surface area contributed by atoms with E-state index in [1.807, 2.05) is 0 Å². The monoisotopic (exact) mass is 458 g/mol. The minimum atomic E-state index is -4.49. The van der Waals surface area contributed by atoms with Gasteiger partial charge in [-0.1, -0.05) is 36.4 Å². The molecule has 0 aromatic heterocycles. The zero-order valence-corrected chi connectivity index (χ0v) is 17.2. The van der Waals surface area contributed by atoms with Gasteiger partial charge in [0.1, 0.15) is 10.6 Å². The zero-order chi connectivity index (χ0) is 22.4. The first-order valence-electron chi connectivity index (χ1n) is 8.70. The highest BCUT2D eigenvalue weighted by Gasteiger charge is 2.17. The molecule has 0 amide bonds. The lowest BCUT2D eigenvalue weighted by atomic mass is 10.1. The lowest BCUT2D eigenvalue weighted by Gasteiger charge is -2.07. The van der Waals surface area contributed by atoms with Gasteiger partial charge in [0.25, 0.3) is 20.2 Å². The molecule has 4 aromatic carbocycles. The molecule has 0 bridgehead atoms. The summed E-state index contributed by atoms with van der Waals surface area (Å²) in [7, 11) is -8.90. The minimum absolute atomic E-state index is 0.0305. The number of azo groups is 1. The number of aromatic hydroxyl groups is 1. The average Bonchev–Trinajstić information content (AvgIpc) is 2.71. The van der Waals surface area contributed by atoms with Gasteiger partial charge in [-0.15, -0.1) is 10.2 Å². The van der Waals surface area contributed by atoms with E-state index in [4.69, 9.17) is 0 Å². The van der Waals surface area contributed by atoms with Crippen LogP contribution in [0.1, 0.15) is 0 Å². The van der Waals surface area contributed by atoms with Gasteiger partial charge in [-0.25, -0.2) is 0 Å². The summed E-state index contributed by atoms with van der Waals surface area (Å²) in [6, 6.07) is 15.8. The number of rotatable bonds is 4. The van der Waals surface area contributed by atoms with Crippen molar-refractivity contribution in [2.75, 3.05) is 0 Å². The Kier molecular flexibility index (Phi) is 4.98. The largest absolute Gasteiger partial charge is 0.505 e. The van der Waals surface area contributed by atoms with E-state index in [9.17, 15) is 31.0 Å². The Balaban J connectivity index is 1.84. The molecule has 0 aliphatic rings. The SMILES string of the molecule is O=S(=O)(O)c1ccc2cccc(N=Nc3ccc4c(S(=O)(=O)O)cccc4c3O)c2c1. The molecule has 158 valence electrons. The Hall–Kier alpha value is -3.38. The highest BCUT2D eigenvalue weighted by atomic mass is 32.2. The van der Waals surface area contributed by atoms with Crippen LogP contribution in [0.15, 0.2) is 86.7 Å². The molecule has 0 radical (unpaired) electrons. The summed E-state index contributed by atoms with van der Waals surface area (Å²) in [5.41, 5.74) is 0.317. The summed E-state index contributed by atoms with van der Waals surface area (Å²) in [6.45, 7) is 0. The van der Waals surface area contributed by atoms with E-state index in [0.29, 0.717) is 10.8 Å². The first kappa shape index (κ1) is 20.9. The molecule has 0 fully saturated rings. The van der Waals surface area contributed by atoms with Gasteiger partial charge >= 0.3 is 0 Å². The van der Waals surface area contributed by atoms with Crippen LogP contribution in [0.2, 0.25) is 0 Å². The van der Waals surface area contributed by atoms with Crippen LogP contribution in [0.3, 0.4) is 0 Å². The van der Waals surface area contributed by atoms with Crippen molar-refractivity contribution in [2.45, 2.75) is 9.79 Å². The Morgan fingerprint density at radius 2 is 1.35 bits per heavy atom. The fourth-order valence-electron chi connectivity index (χ4n) is 3.20. The van der Waals surface area contributed by atoms with Gasteiger partial charge in [0, 0.05) is 16.2 Å². The van der Waals surface area contributed by atoms with Gasteiger partial charge in [0.2, 0.25) is 0 Å². The summed E-state index contributed by atoms with van der Waals surface area (Å²) >= 11 is 0. The fourth-order valence-corrected chi connectivity index (χ4v) is 4.41. The summed E-state index contributed by atoms with van der Waals surface area (Å²) < 4.78 is 64.6. The second-order valence-electron chi connectivity index (χ2n) is 6.59. The minimum Gasteiger partial charge on any atom is -0.505 e. The molecule has 0 spiro atoms. The molecule has 11 heteroatoms. The first-order chi connectivity index (χ1) is 14.6. The zero-order valence-electron chi connectivity index (χ0n) is 15.5. The second kappa shape index (κ2) is 7.39. The van der Waals surface area contributed by atoms with Crippen molar-refractivity contribution < 1.29 is 31.0 Å². The van der Waals surface area contributed by atoms with Crippen molar-refractivity contribution >= 4 is 53.2 Å². The Labute approximate surface area is 176 Å². The Morgan fingerprint density at radius 3 is 2.06 bits per heavy atom. The van der Waals surface area contributed by atoms with E-state index in [1.165, 1.54) is 48.5 Å². The van der Waals surface area contributed by atoms with Crippen molar-refractivity contribution in [3.05, 3.63) is 66.7 Å². The lowest BCUT2D eigenvalue weighted by Crippen LogP contribution is -1.98. The van der Waals surface area contributed by atoms with E-state index in [1.54, 1.807) is 18.2 Å². The topological polar surface area (TPSA) is 154 Å². The van der Waals surface area contributed by atoms with Crippen LogP contribution in [0.25, 0.3) is 21.5 Å². The standard InChI is InChI=1S/C20H14N2O7S2/c23-20-15-4-2-6-19(31(27,28)29)14(15)9-10-18(20)22-21-17-5-1-3-12-7-8-13(11-16(12)17)30(24,25)26/h1-11,23H,(H,24,25,26)(H,27,28,29). The van der Waals surface area contributed by atoms with Gasteiger partial charge in [0.15, 0.2) is 5.75 Å². The van der Waals surface area contributed by atoms with Crippen molar-refractivity contribution in [3.8, 4) is 5.75 Å². The van der Waals surface area contributed by atoms with E-state index in [2.05, 4.69) is 10.2 Å². The van der Waals surface area contributed by atoms with Crippen molar-refractivity contribution in [3.63, 3.8) is 0 Å². The maximum Gasteiger partial charge on any atom is 0.295 e. The van der Waals surface area contributed by atoms with Crippen molar-refractivity contribution in [2.24, 2.45) is 10.2 Å². The summed E-state index contributed by atoms with van der Waals surface area (Å²) in [4.78, 5) is -0.649. The molecule has 3 N–H and O–H groups in total. The van der Waals surface area contributed by atoms with Crippen molar-refractivity contribution in [1.82, 2.24) is 0 Å². The highest BCUT2D eigenvalue weighted by Crippen LogP contribution is 2.38. The number of nitrogens with zero attached hydrogens (tertiary/aromatic N) is 2. The molecule has 0 atom stereocenters. The smallest absolute Gasteiger partial charge is 0.295 e. The van der Waals surface area contributed by atoms with Crippen LogP contribution in [0, 0.1) is 0 Å². The molecule has 0 unspecified atom stereocenters. The van der Waals surface area contributed by atoms with Crippen LogP contribution in [-0.4, -0.2) is 31.0 Å². The molecule has 31 heavy (non-hydrogen) atoms. The number of hydrogen-bond donors (Lipinski definition) is 3. The molecular formula is C20H14N2O7S2. The highest BCUT2D eigenvalue weighted by molar-refractivity contribution is 7.86. The molecule has 0 aliphatic carbocycles. The third kappa shape index (κ3) is 3.99. The van der Waals surface area contributed by atoms with E-state index < -0.39 is 20.2 Å².